The lowest BCUT2D eigenvalue weighted by Crippen LogP contribution is -2.24. The van der Waals surface area contributed by atoms with Crippen molar-refractivity contribution in [2.45, 2.75) is 11.2 Å². The highest BCUT2D eigenvalue weighted by molar-refractivity contribution is 9.09. The maximum atomic E-state index is 13.2. The number of aromatic amines is 1. The number of anilines is 1. The first kappa shape index (κ1) is 12.3. The van der Waals surface area contributed by atoms with Crippen LogP contribution in [0, 0.1) is 5.82 Å². The number of nitrogens with one attached hydrogen (secondary N) is 1. The molecule has 4 nitrogen and oxygen atoms in total. The number of halogens is 2. The molecule has 0 spiro atoms. The highest BCUT2D eigenvalue weighted by atomic mass is 79.9. The van der Waals surface area contributed by atoms with Crippen molar-refractivity contribution in [1.29, 1.82) is 0 Å². The second-order valence-electron chi connectivity index (χ2n) is 4.46. The molecule has 1 atom stereocenters. The van der Waals surface area contributed by atoms with Crippen molar-refractivity contribution < 1.29 is 9.18 Å². The Labute approximate surface area is 117 Å². The molecule has 0 bridgehead atoms. The Balaban J connectivity index is 1.90. The van der Waals surface area contributed by atoms with Crippen LogP contribution in [0.3, 0.4) is 0 Å². The van der Waals surface area contributed by atoms with Gasteiger partial charge < -0.3 is 0 Å². The fraction of sp³-hybridized carbons (Fsp3) is 0.231. The summed E-state index contributed by atoms with van der Waals surface area (Å²) in [6.45, 7) is 0.603. The molecule has 1 saturated heterocycles. The first-order valence-electron chi connectivity index (χ1n) is 5.89. The van der Waals surface area contributed by atoms with Gasteiger partial charge in [0, 0.05) is 29.4 Å². The molecule has 1 unspecified atom stereocenters. The third-order valence-electron chi connectivity index (χ3n) is 3.05. The van der Waals surface area contributed by atoms with E-state index in [1.165, 1.54) is 12.1 Å². The number of hydrogen-bond donors (Lipinski definition) is 1. The normalized spacial score (nSPS) is 19.2. The smallest absolute Gasteiger partial charge is 0.229 e. The average molecular weight is 324 g/mol. The van der Waals surface area contributed by atoms with Gasteiger partial charge in [0.25, 0.3) is 0 Å². The number of rotatable bonds is 2. The van der Waals surface area contributed by atoms with E-state index in [9.17, 15) is 9.18 Å². The van der Waals surface area contributed by atoms with Gasteiger partial charge in [0.15, 0.2) is 5.82 Å². The molecule has 6 heteroatoms. The SMILES string of the molecule is O=C1CC(Br)CN1c1cc(-c2cccc(F)c2)[nH]n1. The summed E-state index contributed by atoms with van der Waals surface area (Å²) < 4.78 is 13.2. The lowest BCUT2D eigenvalue weighted by molar-refractivity contribution is -0.117. The van der Waals surface area contributed by atoms with E-state index >= 15 is 0 Å². The molecule has 1 aliphatic heterocycles. The fourth-order valence-corrected chi connectivity index (χ4v) is 2.71. The largest absolute Gasteiger partial charge is 0.294 e. The monoisotopic (exact) mass is 323 g/mol. The molecule has 19 heavy (non-hydrogen) atoms. The minimum absolute atomic E-state index is 0.0409. The van der Waals surface area contributed by atoms with Crippen molar-refractivity contribution >= 4 is 27.7 Å². The number of nitrogens with zero attached hydrogens (tertiary/aromatic N) is 2. The van der Waals surface area contributed by atoms with E-state index in [1.807, 2.05) is 0 Å². The lowest BCUT2D eigenvalue weighted by Gasteiger charge is -2.10. The number of hydrogen-bond acceptors (Lipinski definition) is 2. The molecule has 1 N–H and O–H groups in total. The molecule has 1 aromatic heterocycles. The summed E-state index contributed by atoms with van der Waals surface area (Å²) in [4.78, 5) is 13.6. The van der Waals surface area contributed by atoms with E-state index in [4.69, 9.17) is 0 Å². The Hall–Kier alpha value is -1.69. The van der Waals surface area contributed by atoms with Gasteiger partial charge in [0.1, 0.15) is 5.82 Å². The van der Waals surface area contributed by atoms with Crippen molar-refractivity contribution in [2.75, 3.05) is 11.4 Å². The molecule has 2 heterocycles. The van der Waals surface area contributed by atoms with Gasteiger partial charge >= 0.3 is 0 Å². The van der Waals surface area contributed by atoms with Crippen molar-refractivity contribution in [3.8, 4) is 11.3 Å². The molecule has 3 rings (SSSR count). The summed E-state index contributed by atoms with van der Waals surface area (Å²) in [7, 11) is 0. The lowest BCUT2D eigenvalue weighted by atomic mass is 10.1. The fourth-order valence-electron chi connectivity index (χ4n) is 2.14. The molecule has 0 saturated carbocycles. The number of carbonyl (C=O) groups is 1. The van der Waals surface area contributed by atoms with Crippen LogP contribution in [-0.2, 0) is 4.79 Å². The minimum Gasteiger partial charge on any atom is -0.294 e. The summed E-state index contributed by atoms with van der Waals surface area (Å²) >= 11 is 3.43. The first-order chi connectivity index (χ1) is 9.13. The molecule has 2 aromatic rings. The average Bonchev–Trinajstić information content (AvgIpc) is 2.96. The summed E-state index contributed by atoms with van der Waals surface area (Å²) in [6, 6.07) is 8.01. The Kier molecular flexibility index (Phi) is 3.10. The quantitative estimate of drug-likeness (QED) is 0.864. The molecular weight excluding hydrogens is 313 g/mol. The third kappa shape index (κ3) is 2.40. The van der Waals surface area contributed by atoms with E-state index < -0.39 is 0 Å². The van der Waals surface area contributed by atoms with Gasteiger partial charge in [-0.3, -0.25) is 14.8 Å². The Morgan fingerprint density at radius 3 is 2.95 bits per heavy atom. The van der Waals surface area contributed by atoms with Gasteiger partial charge in [-0.15, -0.1) is 0 Å². The molecule has 98 valence electrons. The molecule has 1 aromatic carbocycles. The molecule has 0 radical (unpaired) electrons. The second kappa shape index (κ2) is 4.77. The van der Waals surface area contributed by atoms with E-state index in [0.29, 0.717) is 30.0 Å². The van der Waals surface area contributed by atoms with Crippen molar-refractivity contribution in [3.63, 3.8) is 0 Å². The van der Waals surface area contributed by atoms with Crippen LogP contribution >= 0.6 is 15.9 Å². The zero-order valence-corrected chi connectivity index (χ0v) is 11.5. The number of alkyl halides is 1. The number of H-pyrrole nitrogens is 1. The Morgan fingerprint density at radius 1 is 1.42 bits per heavy atom. The van der Waals surface area contributed by atoms with Gasteiger partial charge in [-0.05, 0) is 12.1 Å². The molecule has 0 aliphatic carbocycles. The summed E-state index contributed by atoms with van der Waals surface area (Å²) in [5.41, 5.74) is 1.40. The first-order valence-corrected chi connectivity index (χ1v) is 6.81. The van der Waals surface area contributed by atoms with Crippen molar-refractivity contribution in [3.05, 3.63) is 36.1 Å². The van der Waals surface area contributed by atoms with E-state index in [0.717, 1.165) is 0 Å². The van der Waals surface area contributed by atoms with Crippen LogP contribution in [0.2, 0.25) is 0 Å². The minimum atomic E-state index is -0.300. The van der Waals surface area contributed by atoms with Crippen LogP contribution in [0.4, 0.5) is 10.2 Å². The Morgan fingerprint density at radius 2 is 2.26 bits per heavy atom. The topological polar surface area (TPSA) is 49.0 Å². The van der Waals surface area contributed by atoms with Gasteiger partial charge in [0.05, 0.1) is 5.69 Å². The van der Waals surface area contributed by atoms with E-state index in [-0.39, 0.29) is 16.6 Å². The number of carbonyl (C=O) groups excluding carboxylic acids is 1. The molecule has 1 fully saturated rings. The number of amides is 1. The van der Waals surface area contributed by atoms with Crippen LogP contribution in [0.15, 0.2) is 30.3 Å². The summed E-state index contributed by atoms with van der Waals surface area (Å²) in [5, 5.41) is 6.96. The molecular formula is C13H11BrFN3O. The van der Waals surface area contributed by atoms with Crippen LogP contribution in [-0.4, -0.2) is 27.5 Å². The van der Waals surface area contributed by atoms with Crippen LogP contribution in [0.1, 0.15) is 6.42 Å². The van der Waals surface area contributed by atoms with Crippen LogP contribution < -0.4 is 4.90 Å². The molecule has 1 aliphatic rings. The van der Waals surface area contributed by atoms with E-state index in [1.54, 1.807) is 23.1 Å². The van der Waals surface area contributed by atoms with Gasteiger partial charge in [-0.2, -0.15) is 5.10 Å². The zero-order valence-electron chi connectivity index (χ0n) is 9.94. The van der Waals surface area contributed by atoms with Crippen LogP contribution in [0.25, 0.3) is 11.3 Å². The standard InChI is InChI=1S/C13H11BrFN3O/c14-9-5-13(19)18(7-9)12-6-11(16-17-12)8-2-1-3-10(15)4-8/h1-4,6,9H,5,7H2,(H,16,17). The predicted octanol–water partition coefficient (Wildman–Crippen LogP) is 2.72. The highest BCUT2D eigenvalue weighted by Gasteiger charge is 2.30. The second-order valence-corrected chi connectivity index (χ2v) is 5.75. The third-order valence-corrected chi connectivity index (χ3v) is 3.67. The number of aromatic nitrogens is 2. The Bertz CT molecular complexity index is 628. The number of benzene rings is 1. The summed E-state index contributed by atoms with van der Waals surface area (Å²) in [5.74, 6) is 0.316. The van der Waals surface area contributed by atoms with Crippen LogP contribution in [0.5, 0.6) is 0 Å². The molecule has 1 amide bonds. The summed E-state index contributed by atoms with van der Waals surface area (Å²) in [6.07, 6.45) is 0.474. The van der Waals surface area contributed by atoms with Crippen molar-refractivity contribution in [2.24, 2.45) is 0 Å². The maximum absolute atomic E-state index is 13.2. The van der Waals surface area contributed by atoms with Gasteiger partial charge in [-0.25, -0.2) is 4.39 Å². The maximum Gasteiger partial charge on any atom is 0.229 e. The van der Waals surface area contributed by atoms with Gasteiger partial charge in [0.2, 0.25) is 5.91 Å². The van der Waals surface area contributed by atoms with Crippen molar-refractivity contribution in [1.82, 2.24) is 10.2 Å². The van der Waals surface area contributed by atoms with Gasteiger partial charge in [-0.1, -0.05) is 28.1 Å². The highest BCUT2D eigenvalue weighted by Crippen LogP contribution is 2.27. The predicted molar refractivity (Wildman–Crippen MR) is 73.7 cm³/mol. The zero-order chi connectivity index (χ0) is 13.4. The van der Waals surface area contributed by atoms with E-state index in [2.05, 4.69) is 26.1 Å².